The summed E-state index contributed by atoms with van der Waals surface area (Å²) in [5.41, 5.74) is 1.57. The molecule has 6 nitrogen and oxygen atoms in total. The van der Waals surface area contributed by atoms with Gasteiger partial charge < -0.3 is 9.47 Å². The predicted octanol–water partition coefficient (Wildman–Crippen LogP) is 2.95. The fourth-order valence-electron chi connectivity index (χ4n) is 2.20. The molecular formula is C17H16N2O4. The van der Waals surface area contributed by atoms with Crippen LogP contribution in [0.1, 0.15) is 28.9 Å². The van der Waals surface area contributed by atoms with Crippen molar-refractivity contribution in [1.82, 2.24) is 4.90 Å². The molecule has 1 unspecified atom stereocenters. The number of nitrogens with zero attached hydrogens (tertiary/aromatic N) is 2. The second kappa shape index (κ2) is 7.27. The molecule has 1 atom stereocenters. The average Bonchev–Trinajstić information content (AvgIpc) is 2.60. The summed E-state index contributed by atoms with van der Waals surface area (Å²) in [5.74, 6) is -0.426. The largest absolute Gasteiger partial charge is 0.465 e. The first-order chi connectivity index (χ1) is 11.1. The SMILES string of the molecule is CCOC(=O)N1C=C(C#N)C=CC1c1ccc(C(=O)OC)cc1. The van der Waals surface area contributed by atoms with Crippen LogP contribution in [-0.4, -0.2) is 30.7 Å². The highest BCUT2D eigenvalue weighted by Gasteiger charge is 2.26. The summed E-state index contributed by atoms with van der Waals surface area (Å²) in [6.45, 7) is 1.95. The Labute approximate surface area is 134 Å². The lowest BCUT2D eigenvalue weighted by molar-refractivity contribution is 0.0600. The summed E-state index contributed by atoms with van der Waals surface area (Å²) >= 11 is 0. The Hall–Kier alpha value is -3.07. The molecule has 0 saturated carbocycles. The number of carbonyl (C=O) groups excluding carboxylic acids is 2. The minimum Gasteiger partial charge on any atom is -0.465 e. The summed E-state index contributed by atoms with van der Waals surface area (Å²) in [7, 11) is 1.32. The van der Waals surface area contributed by atoms with Crippen molar-refractivity contribution in [3.8, 4) is 6.07 Å². The summed E-state index contributed by atoms with van der Waals surface area (Å²) < 4.78 is 9.69. The van der Waals surface area contributed by atoms with Gasteiger partial charge in [0, 0.05) is 6.20 Å². The zero-order valence-electron chi connectivity index (χ0n) is 12.9. The minimum absolute atomic E-state index is 0.239. The van der Waals surface area contributed by atoms with E-state index in [1.54, 1.807) is 43.3 Å². The van der Waals surface area contributed by atoms with Crippen molar-refractivity contribution in [1.29, 1.82) is 5.26 Å². The molecule has 1 aromatic carbocycles. The van der Waals surface area contributed by atoms with Crippen LogP contribution < -0.4 is 0 Å². The highest BCUT2D eigenvalue weighted by molar-refractivity contribution is 5.89. The Morgan fingerprint density at radius 1 is 1.30 bits per heavy atom. The predicted molar refractivity (Wildman–Crippen MR) is 82.2 cm³/mol. The third kappa shape index (κ3) is 3.58. The summed E-state index contributed by atoms with van der Waals surface area (Å²) in [6, 6.07) is 8.32. The molecule has 0 bridgehead atoms. The number of nitriles is 1. The van der Waals surface area contributed by atoms with Crippen molar-refractivity contribution in [2.45, 2.75) is 13.0 Å². The van der Waals surface area contributed by atoms with Gasteiger partial charge in [0.05, 0.1) is 30.9 Å². The van der Waals surface area contributed by atoms with Crippen LogP contribution in [-0.2, 0) is 9.47 Å². The molecule has 0 radical (unpaired) electrons. The van der Waals surface area contributed by atoms with Gasteiger partial charge in [-0.3, -0.25) is 4.90 Å². The first-order valence-electron chi connectivity index (χ1n) is 7.04. The fraction of sp³-hybridized carbons (Fsp3) is 0.235. The monoisotopic (exact) mass is 312 g/mol. The number of ether oxygens (including phenoxy) is 2. The van der Waals surface area contributed by atoms with Gasteiger partial charge in [0.2, 0.25) is 0 Å². The van der Waals surface area contributed by atoms with Gasteiger partial charge in [-0.05, 0) is 30.7 Å². The lowest BCUT2D eigenvalue weighted by Gasteiger charge is -2.28. The van der Waals surface area contributed by atoms with E-state index in [1.807, 2.05) is 6.07 Å². The van der Waals surface area contributed by atoms with Crippen LogP contribution in [0.4, 0.5) is 4.79 Å². The van der Waals surface area contributed by atoms with Crippen molar-refractivity contribution < 1.29 is 19.1 Å². The van der Waals surface area contributed by atoms with E-state index in [4.69, 9.17) is 10.00 Å². The molecule has 118 valence electrons. The highest BCUT2D eigenvalue weighted by atomic mass is 16.6. The van der Waals surface area contributed by atoms with Gasteiger partial charge in [-0.15, -0.1) is 0 Å². The number of hydrogen-bond donors (Lipinski definition) is 0. The van der Waals surface area contributed by atoms with E-state index in [0.717, 1.165) is 5.56 Å². The molecule has 23 heavy (non-hydrogen) atoms. The molecule has 1 aromatic rings. The molecular weight excluding hydrogens is 296 g/mol. The van der Waals surface area contributed by atoms with Crippen LogP contribution >= 0.6 is 0 Å². The quantitative estimate of drug-likeness (QED) is 0.802. The topological polar surface area (TPSA) is 79.6 Å². The third-order valence-electron chi connectivity index (χ3n) is 3.32. The van der Waals surface area contributed by atoms with Crippen LogP contribution in [0.2, 0.25) is 0 Å². The van der Waals surface area contributed by atoms with E-state index in [1.165, 1.54) is 18.2 Å². The second-order valence-electron chi connectivity index (χ2n) is 4.72. The number of benzene rings is 1. The Kier molecular flexibility index (Phi) is 5.15. The third-order valence-corrected chi connectivity index (χ3v) is 3.32. The Morgan fingerprint density at radius 3 is 2.57 bits per heavy atom. The van der Waals surface area contributed by atoms with E-state index in [9.17, 15) is 9.59 Å². The highest BCUT2D eigenvalue weighted by Crippen LogP contribution is 2.28. The number of amides is 1. The van der Waals surface area contributed by atoms with Gasteiger partial charge in [-0.1, -0.05) is 18.2 Å². The summed E-state index contributed by atoms with van der Waals surface area (Å²) in [4.78, 5) is 24.9. The summed E-state index contributed by atoms with van der Waals surface area (Å²) in [6.07, 6.45) is 4.31. The number of carbonyl (C=O) groups is 2. The van der Waals surface area contributed by atoms with Gasteiger partial charge in [-0.25, -0.2) is 9.59 Å². The van der Waals surface area contributed by atoms with Crippen molar-refractivity contribution in [2.75, 3.05) is 13.7 Å². The van der Waals surface area contributed by atoms with E-state index in [-0.39, 0.29) is 6.61 Å². The molecule has 0 fully saturated rings. The zero-order valence-corrected chi connectivity index (χ0v) is 12.9. The van der Waals surface area contributed by atoms with E-state index < -0.39 is 18.1 Å². The van der Waals surface area contributed by atoms with Crippen molar-refractivity contribution in [2.24, 2.45) is 0 Å². The average molecular weight is 312 g/mol. The number of rotatable bonds is 3. The lowest BCUT2D eigenvalue weighted by atomic mass is 10.0. The van der Waals surface area contributed by atoms with Gasteiger partial charge in [0.15, 0.2) is 0 Å². The number of hydrogen-bond acceptors (Lipinski definition) is 5. The van der Waals surface area contributed by atoms with Crippen LogP contribution in [0.25, 0.3) is 0 Å². The normalized spacial score (nSPS) is 16.3. The maximum absolute atomic E-state index is 12.1. The van der Waals surface area contributed by atoms with Gasteiger partial charge in [-0.2, -0.15) is 5.26 Å². The van der Waals surface area contributed by atoms with Crippen molar-refractivity contribution in [3.05, 3.63) is 59.3 Å². The molecule has 1 aliphatic rings. The zero-order chi connectivity index (χ0) is 16.8. The molecule has 1 aliphatic heterocycles. The first kappa shape index (κ1) is 16.3. The van der Waals surface area contributed by atoms with Crippen LogP contribution in [0, 0.1) is 11.3 Å². The standard InChI is InChI=1S/C17H16N2O4/c1-3-23-17(21)19-11-12(10-18)4-9-15(19)13-5-7-14(8-6-13)16(20)22-2/h4-9,11,15H,3H2,1-2H3. The van der Waals surface area contributed by atoms with E-state index >= 15 is 0 Å². The van der Waals surface area contributed by atoms with Crippen LogP contribution in [0.3, 0.4) is 0 Å². The van der Waals surface area contributed by atoms with Crippen LogP contribution in [0.5, 0.6) is 0 Å². The molecule has 2 rings (SSSR count). The lowest BCUT2D eigenvalue weighted by Crippen LogP contribution is -2.31. The number of allylic oxidation sites excluding steroid dienone is 2. The smallest absolute Gasteiger partial charge is 0.414 e. The van der Waals surface area contributed by atoms with Gasteiger partial charge in [0.25, 0.3) is 0 Å². The van der Waals surface area contributed by atoms with Crippen LogP contribution in [0.15, 0.2) is 48.2 Å². The second-order valence-corrected chi connectivity index (χ2v) is 4.72. The molecule has 0 spiro atoms. The molecule has 0 N–H and O–H groups in total. The molecule has 0 aliphatic carbocycles. The molecule has 0 saturated heterocycles. The van der Waals surface area contributed by atoms with Crippen molar-refractivity contribution in [3.63, 3.8) is 0 Å². The molecule has 1 amide bonds. The van der Waals surface area contributed by atoms with E-state index in [2.05, 4.69) is 4.74 Å². The molecule has 0 aromatic heterocycles. The van der Waals surface area contributed by atoms with Gasteiger partial charge >= 0.3 is 12.1 Å². The molecule has 6 heteroatoms. The Balaban J connectivity index is 2.31. The molecule has 1 heterocycles. The maximum atomic E-state index is 12.1. The van der Waals surface area contributed by atoms with E-state index in [0.29, 0.717) is 11.1 Å². The fourth-order valence-corrected chi connectivity index (χ4v) is 2.20. The Morgan fingerprint density at radius 2 is 2.00 bits per heavy atom. The minimum atomic E-state index is -0.536. The first-order valence-corrected chi connectivity index (χ1v) is 7.04. The van der Waals surface area contributed by atoms with Crippen molar-refractivity contribution >= 4 is 12.1 Å². The van der Waals surface area contributed by atoms with Gasteiger partial charge in [0.1, 0.15) is 6.07 Å². The number of methoxy groups -OCH3 is 1. The number of esters is 1. The Bertz CT molecular complexity index is 698. The maximum Gasteiger partial charge on any atom is 0.414 e. The summed E-state index contributed by atoms with van der Waals surface area (Å²) in [5, 5.41) is 9.00.